The first-order valence-corrected chi connectivity index (χ1v) is 11.0. The van der Waals surface area contributed by atoms with Gasteiger partial charge >= 0.3 is 0 Å². The van der Waals surface area contributed by atoms with E-state index in [4.69, 9.17) is 9.47 Å². The highest BCUT2D eigenvalue weighted by atomic mass is 16.5. The van der Waals surface area contributed by atoms with E-state index in [2.05, 4.69) is 20.2 Å². The summed E-state index contributed by atoms with van der Waals surface area (Å²) in [6.45, 7) is 4.59. The zero-order chi connectivity index (χ0) is 21.8. The number of amides is 1. The third kappa shape index (κ3) is 4.57. The van der Waals surface area contributed by atoms with E-state index < -0.39 is 0 Å². The summed E-state index contributed by atoms with van der Waals surface area (Å²) >= 11 is 0. The lowest BCUT2D eigenvalue weighted by Crippen LogP contribution is -2.42. The maximum atomic E-state index is 12.9. The van der Waals surface area contributed by atoms with E-state index >= 15 is 0 Å². The molecule has 0 unspecified atom stereocenters. The Morgan fingerprint density at radius 3 is 2.41 bits per heavy atom. The van der Waals surface area contributed by atoms with Gasteiger partial charge < -0.3 is 19.3 Å². The van der Waals surface area contributed by atoms with E-state index in [-0.39, 0.29) is 12.0 Å². The molecule has 0 radical (unpaired) electrons. The minimum Gasteiger partial charge on any atom is -0.473 e. The largest absolute Gasteiger partial charge is 0.473 e. The summed E-state index contributed by atoms with van der Waals surface area (Å²) in [6.07, 6.45) is 5.06. The third-order valence-corrected chi connectivity index (χ3v) is 5.87. The van der Waals surface area contributed by atoms with Crippen LogP contribution in [0.4, 0.5) is 5.69 Å². The van der Waals surface area contributed by atoms with Crippen LogP contribution < -0.4 is 9.64 Å². The third-order valence-electron chi connectivity index (χ3n) is 5.87. The number of carbonyl (C=O) groups is 1. The first-order valence-electron chi connectivity index (χ1n) is 11.0. The second-order valence-corrected chi connectivity index (χ2v) is 7.94. The van der Waals surface area contributed by atoms with Crippen LogP contribution in [0.25, 0.3) is 5.82 Å². The van der Waals surface area contributed by atoms with Crippen molar-refractivity contribution >= 4 is 11.6 Å². The monoisotopic (exact) mass is 434 g/mol. The molecule has 9 nitrogen and oxygen atoms in total. The molecular weight excluding hydrogens is 408 g/mol. The first kappa shape index (κ1) is 20.4. The number of hydrogen-bond acceptors (Lipinski definition) is 7. The standard InChI is InChI=1S/C23H26N6O3/c30-23(18-2-4-19(5-3-18)27-14-16-31-17-15-27)28-12-8-20(9-13-28)32-22-7-6-21(25-26-22)29-11-1-10-24-29/h1-7,10-11,20H,8-9,12-17H2. The van der Waals surface area contributed by atoms with Crippen LogP contribution >= 0.6 is 0 Å². The van der Waals surface area contributed by atoms with Crippen molar-refractivity contribution in [1.29, 1.82) is 0 Å². The first-order chi connectivity index (χ1) is 15.8. The van der Waals surface area contributed by atoms with Gasteiger partial charge in [0.25, 0.3) is 5.91 Å². The second kappa shape index (κ2) is 9.35. The number of ether oxygens (including phenoxy) is 2. The molecule has 0 spiro atoms. The summed E-state index contributed by atoms with van der Waals surface area (Å²) < 4.78 is 13.0. The second-order valence-electron chi connectivity index (χ2n) is 7.94. The summed E-state index contributed by atoms with van der Waals surface area (Å²) in [4.78, 5) is 17.1. The molecule has 5 rings (SSSR count). The number of nitrogens with zero attached hydrogens (tertiary/aromatic N) is 6. The van der Waals surface area contributed by atoms with Gasteiger partial charge in [0.15, 0.2) is 5.82 Å². The molecule has 2 aliphatic heterocycles. The molecule has 32 heavy (non-hydrogen) atoms. The molecule has 0 N–H and O–H groups in total. The normalized spacial score (nSPS) is 17.4. The fourth-order valence-corrected chi connectivity index (χ4v) is 4.07. The maximum Gasteiger partial charge on any atom is 0.253 e. The number of hydrogen-bond donors (Lipinski definition) is 0. The van der Waals surface area contributed by atoms with Gasteiger partial charge in [0.2, 0.25) is 5.88 Å². The van der Waals surface area contributed by atoms with Gasteiger partial charge in [-0.05, 0) is 36.4 Å². The van der Waals surface area contributed by atoms with Gasteiger partial charge in [0, 0.05) is 68.7 Å². The quantitative estimate of drug-likeness (QED) is 0.608. The van der Waals surface area contributed by atoms with Crippen LogP contribution in [0.15, 0.2) is 54.9 Å². The number of piperidine rings is 1. The number of aromatic nitrogens is 4. The highest BCUT2D eigenvalue weighted by Crippen LogP contribution is 2.21. The average molecular weight is 435 g/mol. The minimum atomic E-state index is 0.0209. The summed E-state index contributed by atoms with van der Waals surface area (Å²) in [5, 5.41) is 12.5. The molecule has 0 atom stereocenters. The van der Waals surface area contributed by atoms with E-state index in [9.17, 15) is 4.79 Å². The Bertz CT molecular complexity index is 1010. The Morgan fingerprint density at radius 2 is 1.75 bits per heavy atom. The van der Waals surface area contributed by atoms with Crippen molar-refractivity contribution in [3.8, 4) is 11.7 Å². The van der Waals surface area contributed by atoms with Crippen LogP contribution in [-0.4, -0.2) is 76.3 Å². The molecule has 166 valence electrons. The van der Waals surface area contributed by atoms with Crippen molar-refractivity contribution in [2.45, 2.75) is 18.9 Å². The predicted molar refractivity (Wildman–Crippen MR) is 118 cm³/mol. The van der Waals surface area contributed by atoms with E-state index in [1.807, 2.05) is 47.5 Å². The average Bonchev–Trinajstić information content (AvgIpc) is 3.40. The van der Waals surface area contributed by atoms with Gasteiger partial charge in [0.1, 0.15) is 6.10 Å². The van der Waals surface area contributed by atoms with E-state index in [1.54, 1.807) is 16.9 Å². The molecule has 0 aliphatic carbocycles. The van der Waals surface area contributed by atoms with Crippen LogP contribution in [0.1, 0.15) is 23.2 Å². The molecule has 9 heteroatoms. The number of morpholine rings is 1. The molecule has 2 aromatic heterocycles. The van der Waals surface area contributed by atoms with Gasteiger partial charge in [-0.3, -0.25) is 4.79 Å². The lowest BCUT2D eigenvalue weighted by Gasteiger charge is -2.32. The van der Waals surface area contributed by atoms with Crippen LogP contribution in [0.5, 0.6) is 5.88 Å². The van der Waals surface area contributed by atoms with Crippen molar-refractivity contribution in [3.05, 3.63) is 60.4 Å². The van der Waals surface area contributed by atoms with E-state index in [1.165, 1.54) is 0 Å². The molecule has 4 heterocycles. The molecule has 0 bridgehead atoms. The molecule has 2 saturated heterocycles. The van der Waals surface area contributed by atoms with Gasteiger partial charge in [-0.25, -0.2) is 4.68 Å². The Morgan fingerprint density at radius 1 is 0.969 bits per heavy atom. The number of rotatable bonds is 5. The van der Waals surface area contributed by atoms with Gasteiger partial charge in [0.05, 0.1) is 13.2 Å². The van der Waals surface area contributed by atoms with Gasteiger partial charge in [-0.2, -0.15) is 5.10 Å². The number of anilines is 1. The van der Waals surface area contributed by atoms with E-state index in [0.717, 1.165) is 50.4 Å². The molecule has 1 aromatic carbocycles. The highest BCUT2D eigenvalue weighted by Gasteiger charge is 2.25. The summed E-state index contributed by atoms with van der Waals surface area (Å²) in [5.41, 5.74) is 1.86. The topological polar surface area (TPSA) is 85.6 Å². The lowest BCUT2D eigenvalue weighted by atomic mass is 10.1. The lowest BCUT2D eigenvalue weighted by molar-refractivity contribution is 0.0586. The Hall–Kier alpha value is -3.46. The molecule has 0 saturated carbocycles. The fourth-order valence-electron chi connectivity index (χ4n) is 4.07. The SMILES string of the molecule is O=C(c1ccc(N2CCOCC2)cc1)N1CCC(Oc2ccc(-n3cccn3)nn2)CC1. The summed E-state index contributed by atoms with van der Waals surface area (Å²) in [5.74, 6) is 1.20. The fraction of sp³-hybridized carbons (Fsp3) is 0.391. The number of likely N-dealkylation sites (tertiary alicyclic amines) is 1. The van der Waals surface area contributed by atoms with Gasteiger partial charge in [-0.15, -0.1) is 10.2 Å². The number of benzene rings is 1. The molecular formula is C23H26N6O3. The summed E-state index contributed by atoms with van der Waals surface area (Å²) in [6, 6.07) is 13.4. The van der Waals surface area contributed by atoms with Crippen molar-refractivity contribution < 1.29 is 14.3 Å². The van der Waals surface area contributed by atoms with Crippen molar-refractivity contribution in [2.24, 2.45) is 0 Å². The Kier molecular flexibility index (Phi) is 5.98. The van der Waals surface area contributed by atoms with Crippen LogP contribution in [0.3, 0.4) is 0 Å². The zero-order valence-electron chi connectivity index (χ0n) is 17.8. The molecule has 1 amide bonds. The minimum absolute atomic E-state index is 0.0209. The Balaban J connectivity index is 1.13. The van der Waals surface area contributed by atoms with Crippen LogP contribution in [-0.2, 0) is 4.74 Å². The summed E-state index contributed by atoms with van der Waals surface area (Å²) in [7, 11) is 0. The van der Waals surface area contributed by atoms with Crippen molar-refractivity contribution in [2.75, 3.05) is 44.3 Å². The van der Waals surface area contributed by atoms with Crippen molar-refractivity contribution in [3.63, 3.8) is 0 Å². The van der Waals surface area contributed by atoms with Gasteiger partial charge in [-0.1, -0.05) is 0 Å². The molecule has 3 aromatic rings. The van der Waals surface area contributed by atoms with E-state index in [0.29, 0.717) is 24.8 Å². The predicted octanol–water partition coefficient (Wildman–Crippen LogP) is 2.18. The zero-order valence-corrected chi connectivity index (χ0v) is 17.8. The van der Waals surface area contributed by atoms with Crippen LogP contribution in [0, 0.1) is 0 Å². The smallest absolute Gasteiger partial charge is 0.253 e. The maximum absolute atomic E-state index is 12.9. The van der Waals surface area contributed by atoms with Crippen LogP contribution in [0.2, 0.25) is 0 Å². The highest BCUT2D eigenvalue weighted by molar-refractivity contribution is 5.94. The number of carbonyl (C=O) groups excluding carboxylic acids is 1. The Labute approximate surface area is 186 Å². The molecule has 2 fully saturated rings. The molecule has 2 aliphatic rings. The van der Waals surface area contributed by atoms with Crippen molar-refractivity contribution in [1.82, 2.24) is 24.9 Å².